The Morgan fingerprint density at radius 1 is 1.18 bits per heavy atom. The molecule has 40 heavy (non-hydrogen) atoms. The normalized spacial score (nSPS) is 16.3. The maximum atomic E-state index is 13.2. The standard InChI is InChI=1S/C29H29ClN6O4/c1-31-16-6-7-18-10-12-19(13-11-18)28(38)34-22-8-4-3-5-9-24(37)33-23-17-20(32-29(39)40-2)14-15-21(23)25-26(30)36-27(22)35-25/h3-4,6-7,10-17,22H,5,8-9H2,1-2H3,(H,32,39)(H,33,37)(H,34,38)(H,35,36)/b4-3+,7-6-,31-16?/t22-/m0/s1. The van der Waals surface area contributed by atoms with Gasteiger partial charge in [0.2, 0.25) is 5.91 Å². The van der Waals surface area contributed by atoms with Gasteiger partial charge in [0.25, 0.3) is 5.91 Å². The highest BCUT2D eigenvalue weighted by Crippen LogP contribution is 2.35. The van der Waals surface area contributed by atoms with E-state index in [2.05, 4.69) is 30.7 Å². The molecule has 10 nitrogen and oxygen atoms in total. The molecular weight excluding hydrogens is 532 g/mol. The predicted molar refractivity (Wildman–Crippen MR) is 157 cm³/mol. The number of carbonyl (C=O) groups excluding carboxylic acids is 3. The van der Waals surface area contributed by atoms with Crippen molar-refractivity contribution in [2.75, 3.05) is 24.8 Å². The Balaban J connectivity index is 1.64. The largest absolute Gasteiger partial charge is 0.453 e. The van der Waals surface area contributed by atoms with Crippen LogP contribution in [0.5, 0.6) is 0 Å². The van der Waals surface area contributed by atoms with Crippen LogP contribution < -0.4 is 16.0 Å². The molecule has 2 heterocycles. The molecule has 4 N–H and O–H groups in total. The molecule has 206 valence electrons. The number of methoxy groups -OCH3 is 1. The molecule has 2 aromatic carbocycles. The van der Waals surface area contributed by atoms with Crippen molar-refractivity contribution >= 4 is 53.2 Å². The van der Waals surface area contributed by atoms with Gasteiger partial charge >= 0.3 is 6.09 Å². The highest BCUT2D eigenvalue weighted by molar-refractivity contribution is 6.32. The molecule has 0 fully saturated rings. The van der Waals surface area contributed by atoms with E-state index in [9.17, 15) is 14.4 Å². The average Bonchev–Trinajstić information content (AvgIpc) is 3.33. The molecule has 1 aliphatic rings. The second-order valence-corrected chi connectivity index (χ2v) is 9.25. The van der Waals surface area contributed by atoms with Crippen molar-refractivity contribution in [1.82, 2.24) is 15.3 Å². The summed E-state index contributed by atoms with van der Waals surface area (Å²) in [4.78, 5) is 49.2. The zero-order chi connectivity index (χ0) is 28.5. The number of anilines is 2. The number of halogens is 1. The first-order valence-electron chi connectivity index (χ1n) is 12.6. The fourth-order valence-corrected chi connectivity index (χ4v) is 4.30. The van der Waals surface area contributed by atoms with Gasteiger partial charge in [-0.05, 0) is 54.8 Å². The minimum atomic E-state index is -0.642. The first kappa shape index (κ1) is 28.3. The molecule has 4 rings (SSSR count). The number of fused-ring (bicyclic) bond motifs is 4. The number of carbonyl (C=O) groups is 3. The smallest absolute Gasteiger partial charge is 0.411 e. The second-order valence-electron chi connectivity index (χ2n) is 8.87. The van der Waals surface area contributed by atoms with Gasteiger partial charge in [-0.2, -0.15) is 0 Å². The third-order valence-corrected chi connectivity index (χ3v) is 6.34. The zero-order valence-electron chi connectivity index (χ0n) is 22.0. The van der Waals surface area contributed by atoms with Crippen LogP contribution in [0.4, 0.5) is 16.2 Å². The molecule has 3 aromatic rings. The third kappa shape index (κ3) is 7.23. The van der Waals surface area contributed by atoms with Gasteiger partial charge in [-0.3, -0.25) is 19.9 Å². The summed E-state index contributed by atoms with van der Waals surface area (Å²) in [5, 5.41) is 8.75. The molecule has 0 spiro atoms. The number of H-pyrrole nitrogens is 1. The van der Waals surface area contributed by atoms with Crippen LogP contribution in [0, 0.1) is 0 Å². The Morgan fingerprint density at radius 2 is 1.98 bits per heavy atom. The SMILES string of the molecule is CN=C/C=C\c1ccc(C(=O)N[C@H]2C/C=C/CCC(=O)Nc3cc(NC(=O)OC)ccc3-c3nc2[nH]c3Cl)cc1. The molecule has 3 amide bonds. The topological polar surface area (TPSA) is 138 Å². The number of allylic oxidation sites excluding steroid dienone is 2. The molecule has 0 radical (unpaired) electrons. The lowest BCUT2D eigenvalue weighted by atomic mass is 10.1. The average molecular weight is 561 g/mol. The van der Waals surface area contributed by atoms with Gasteiger partial charge in [0, 0.05) is 36.5 Å². The number of nitrogens with zero attached hydrogens (tertiary/aromatic N) is 2. The van der Waals surface area contributed by atoms with E-state index in [1.165, 1.54) is 7.11 Å². The molecule has 1 atom stereocenters. The minimum Gasteiger partial charge on any atom is -0.453 e. The number of benzene rings is 2. The van der Waals surface area contributed by atoms with Crippen LogP contribution in [-0.4, -0.2) is 48.2 Å². The molecule has 0 unspecified atom stereocenters. The Kier molecular flexibility index (Phi) is 9.48. The number of ether oxygens (including phenoxy) is 1. The number of aromatic nitrogens is 2. The van der Waals surface area contributed by atoms with Crippen LogP contribution in [0.2, 0.25) is 5.15 Å². The number of aromatic amines is 1. The number of hydrogen-bond acceptors (Lipinski definition) is 6. The monoisotopic (exact) mass is 560 g/mol. The van der Waals surface area contributed by atoms with Crippen molar-refractivity contribution in [1.29, 1.82) is 0 Å². The summed E-state index contributed by atoms with van der Waals surface area (Å²) in [7, 11) is 2.96. The summed E-state index contributed by atoms with van der Waals surface area (Å²) < 4.78 is 4.66. The van der Waals surface area contributed by atoms with Gasteiger partial charge in [-0.15, -0.1) is 0 Å². The number of hydrogen-bond donors (Lipinski definition) is 4. The Hall–Kier alpha value is -4.70. The number of rotatable bonds is 5. The van der Waals surface area contributed by atoms with E-state index in [0.29, 0.717) is 46.9 Å². The van der Waals surface area contributed by atoms with Gasteiger partial charge in [-0.1, -0.05) is 42.0 Å². The lowest BCUT2D eigenvalue weighted by Gasteiger charge is -2.15. The van der Waals surface area contributed by atoms with Gasteiger partial charge in [0.05, 0.1) is 18.8 Å². The first-order valence-corrected chi connectivity index (χ1v) is 12.9. The van der Waals surface area contributed by atoms with Crippen LogP contribution in [0.15, 0.2) is 65.7 Å². The fourth-order valence-electron chi connectivity index (χ4n) is 4.06. The van der Waals surface area contributed by atoms with Crippen LogP contribution in [0.3, 0.4) is 0 Å². The predicted octanol–water partition coefficient (Wildman–Crippen LogP) is 5.77. The van der Waals surface area contributed by atoms with Crippen molar-refractivity contribution in [2.45, 2.75) is 25.3 Å². The maximum Gasteiger partial charge on any atom is 0.411 e. The summed E-state index contributed by atoms with van der Waals surface area (Å²) in [6.07, 6.45) is 9.73. The Bertz CT molecular complexity index is 1480. The molecular formula is C29H29ClN6O4. The van der Waals surface area contributed by atoms with Crippen molar-refractivity contribution < 1.29 is 19.1 Å². The van der Waals surface area contributed by atoms with Crippen molar-refractivity contribution in [3.8, 4) is 11.3 Å². The van der Waals surface area contributed by atoms with Crippen molar-refractivity contribution in [2.24, 2.45) is 4.99 Å². The number of nitrogens with one attached hydrogen (secondary N) is 4. The van der Waals surface area contributed by atoms with Gasteiger partial charge < -0.3 is 20.4 Å². The van der Waals surface area contributed by atoms with Gasteiger partial charge in [0.1, 0.15) is 16.7 Å². The lowest BCUT2D eigenvalue weighted by molar-refractivity contribution is -0.116. The second kappa shape index (κ2) is 13.4. The molecule has 1 aromatic heterocycles. The van der Waals surface area contributed by atoms with Crippen LogP contribution >= 0.6 is 11.6 Å². The van der Waals surface area contributed by atoms with Crippen molar-refractivity contribution in [3.05, 3.63) is 82.8 Å². The Morgan fingerprint density at radius 3 is 2.73 bits per heavy atom. The van der Waals surface area contributed by atoms with E-state index in [1.54, 1.807) is 43.6 Å². The van der Waals surface area contributed by atoms with E-state index < -0.39 is 12.1 Å². The van der Waals surface area contributed by atoms with Gasteiger partial charge in [-0.25, -0.2) is 9.78 Å². The minimum absolute atomic E-state index is 0.211. The quantitative estimate of drug-likeness (QED) is 0.232. The van der Waals surface area contributed by atoms with E-state index >= 15 is 0 Å². The van der Waals surface area contributed by atoms with Crippen LogP contribution in [-0.2, 0) is 9.53 Å². The highest BCUT2D eigenvalue weighted by Gasteiger charge is 2.23. The zero-order valence-corrected chi connectivity index (χ0v) is 22.8. The Labute approximate surface area is 236 Å². The van der Waals surface area contributed by atoms with E-state index in [0.717, 1.165) is 5.56 Å². The molecule has 1 aliphatic heterocycles. The summed E-state index contributed by atoms with van der Waals surface area (Å²) in [6.45, 7) is 0. The summed E-state index contributed by atoms with van der Waals surface area (Å²) in [6, 6.07) is 11.7. The first-order chi connectivity index (χ1) is 19.4. The molecule has 0 aliphatic carbocycles. The maximum absolute atomic E-state index is 13.2. The lowest BCUT2D eigenvalue weighted by Crippen LogP contribution is -2.29. The number of imidazole rings is 1. The molecule has 0 saturated heterocycles. The highest BCUT2D eigenvalue weighted by atomic mass is 35.5. The van der Waals surface area contributed by atoms with Crippen LogP contribution in [0.25, 0.3) is 17.3 Å². The van der Waals surface area contributed by atoms with Crippen LogP contribution in [0.1, 0.15) is 47.1 Å². The summed E-state index contributed by atoms with van der Waals surface area (Å²) in [5.41, 5.74) is 3.22. The molecule has 0 saturated carbocycles. The van der Waals surface area contributed by atoms with E-state index in [-0.39, 0.29) is 23.4 Å². The van der Waals surface area contributed by atoms with E-state index in [4.69, 9.17) is 16.6 Å². The number of amides is 3. The van der Waals surface area contributed by atoms with E-state index in [1.807, 2.05) is 36.4 Å². The molecule has 11 heteroatoms. The van der Waals surface area contributed by atoms with Crippen molar-refractivity contribution in [3.63, 3.8) is 0 Å². The third-order valence-electron chi connectivity index (χ3n) is 6.07. The fraction of sp³-hybridized carbons (Fsp3) is 0.207. The summed E-state index contributed by atoms with van der Waals surface area (Å²) >= 11 is 6.58. The van der Waals surface area contributed by atoms with Gasteiger partial charge in [0.15, 0.2) is 0 Å². The number of aliphatic imine (C=N–C) groups is 1. The molecule has 2 bridgehead atoms. The summed E-state index contributed by atoms with van der Waals surface area (Å²) in [5.74, 6) is -0.0136.